The maximum Gasteiger partial charge on any atom is 0.265 e. The lowest BCUT2D eigenvalue weighted by molar-refractivity contribution is -0.122. The van der Waals surface area contributed by atoms with Crippen LogP contribution < -0.4 is 5.32 Å². The van der Waals surface area contributed by atoms with Crippen LogP contribution in [0.3, 0.4) is 0 Å². The number of carbonyl (C=O) groups excluding carboxylic acids is 2. The zero-order valence-corrected chi connectivity index (χ0v) is 18.3. The first-order valence-corrected chi connectivity index (χ1v) is 11.1. The van der Waals surface area contributed by atoms with Crippen LogP contribution in [-0.4, -0.2) is 64.3 Å². The molecule has 0 aliphatic carbocycles. The third kappa shape index (κ3) is 5.34. The molecular weight excluding hydrogens is 410 g/mol. The normalized spacial score (nSPS) is 14.4. The Bertz CT molecular complexity index is 1030. The molecule has 0 unspecified atom stereocenters. The zero-order chi connectivity index (χ0) is 21.6. The minimum atomic E-state index is 0.00179. The van der Waals surface area contributed by atoms with Gasteiger partial charge in [-0.1, -0.05) is 36.4 Å². The van der Waals surface area contributed by atoms with E-state index >= 15 is 0 Å². The number of nitrogens with zero attached hydrogens (tertiary/aromatic N) is 4. The number of aromatic nitrogens is 2. The SMILES string of the molecule is Cc1nc(-c2ccccn2)sc1C(=O)N1CCN(CC(=O)NCc2ccccc2)CC1. The molecule has 4 rings (SSSR count). The van der Waals surface area contributed by atoms with Crippen LogP contribution in [0.15, 0.2) is 54.7 Å². The first-order valence-electron chi connectivity index (χ1n) is 10.3. The number of piperazine rings is 1. The van der Waals surface area contributed by atoms with Gasteiger partial charge in [0.1, 0.15) is 9.88 Å². The summed E-state index contributed by atoms with van der Waals surface area (Å²) >= 11 is 1.39. The monoisotopic (exact) mass is 435 g/mol. The molecule has 1 aliphatic heterocycles. The Balaban J connectivity index is 1.28. The highest BCUT2D eigenvalue weighted by Gasteiger charge is 2.26. The lowest BCUT2D eigenvalue weighted by atomic mass is 10.2. The van der Waals surface area contributed by atoms with E-state index in [0.717, 1.165) is 22.0 Å². The molecule has 0 saturated carbocycles. The van der Waals surface area contributed by atoms with E-state index in [4.69, 9.17) is 0 Å². The second kappa shape index (κ2) is 9.80. The molecule has 0 spiro atoms. The van der Waals surface area contributed by atoms with E-state index in [0.29, 0.717) is 44.1 Å². The van der Waals surface area contributed by atoms with Gasteiger partial charge in [0.25, 0.3) is 5.91 Å². The quantitative estimate of drug-likeness (QED) is 0.644. The molecule has 0 bridgehead atoms. The molecule has 1 N–H and O–H groups in total. The van der Waals surface area contributed by atoms with E-state index in [-0.39, 0.29) is 11.8 Å². The van der Waals surface area contributed by atoms with Crippen LogP contribution >= 0.6 is 11.3 Å². The Hall–Kier alpha value is -3.10. The minimum absolute atomic E-state index is 0.00179. The van der Waals surface area contributed by atoms with Crippen molar-refractivity contribution in [3.8, 4) is 10.7 Å². The molecular formula is C23H25N5O2S. The molecule has 2 amide bonds. The first-order chi connectivity index (χ1) is 15.1. The van der Waals surface area contributed by atoms with Crippen LogP contribution in [0.1, 0.15) is 20.9 Å². The van der Waals surface area contributed by atoms with Gasteiger partial charge < -0.3 is 10.2 Å². The van der Waals surface area contributed by atoms with Crippen molar-refractivity contribution >= 4 is 23.2 Å². The summed E-state index contributed by atoms with van der Waals surface area (Å²) < 4.78 is 0. The summed E-state index contributed by atoms with van der Waals surface area (Å²) in [5.41, 5.74) is 2.59. The van der Waals surface area contributed by atoms with Crippen molar-refractivity contribution in [2.75, 3.05) is 32.7 Å². The Morgan fingerprint density at radius 3 is 2.48 bits per heavy atom. The third-order valence-corrected chi connectivity index (χ3v) is 6.40. The van der Waals surface area contributed by atoms with Gasteiger partial charge in [-0.25, -0.2) is 4.98 Å². The molecule has 3 aromatic rings. The smallest absolute Gasteiger partial charge is 0.265 e. The van der Waals surface area contributed by atoms with Crippen LogP contribution in [0.2, 0.25) is 0 Å². The number of hydrogen-bond acceptors (Lipinski definition) is 6. The summed E-state index contributed by atoms with van der Waals surface area (Å²) in [4.78, 5) is 38.8. The van der Waals surface area contributed by atoms with Gasteiger partial charge in [0.15, 0.2) is 0 Å². The highest BCUT2D eigenvalue weighted by Crippen LogP contribution is 2.27. The summed E-state index contributed by atoms with van der Waals surface area (Å²) in [6.07, 6.45) is 1.72. The van der Waals surface area contributed by atoms with E-state index in [9.17, 15) is 9.59 Å². The predicted molar refractivity (Wildman–Crippen MR) is 121 cm³/mol. The van der Waals surface area contributed by atoms with Gasteiger partial charge in [-0.3, -0.25) is 19.5 Å². The van der Waals surface area contributed by atoms with Gasteiger partial charge in [-0.15, -0.1) is 11.3 Å². The van der Waals surface area contributed by atoms with E-state index in [1.165, 1.54) is 11.3 Å². The van der Waals surface area contributed by atoms with Gasteiger partial charge >= 0.3 is 0 Å². The Kier molecular flexibility index (Phi) is 6.69. The van der Waals surface area contributed by atoms with Gasteiger partial charge in [-0.05, 0) is 24.6 Å². The second-order valence-electron chi connectivity index (χ2n) is 7.48. The Morgan fingerprint density at radius 2 is 1.77 bits per heavy atom. The lowest BCUT2D eigenvalue weighted by Gasteiger charge is -2.34. The fourth-order valence-electron chi connectivity index (χ4n) is 3.50. The van der Waals surface area contributed by atoms with Crippen molar-refractivity contribution in [3.63, 3.8) is 0 Å². The van der Waals surface area contributed by atoms with E-state index in [2.05, 4.69) is 20.2 Å². The molecule has 3 heterocycles. The van der Waals surface area contributed by atoms with Crippen molar-refractivity contribution < 1.29 is 9.59 Å². The number of benzene rings is 1. The predicted octanol–water partition coefficient (Wildman–Crippen LogP) is 2.59. The number of rotatable bonds is 6. The maximum atomic E-state index is 13.0. The van der Waals surface area contributed by atoms with E-state index in [1.807, 2.05) is 60.4 Å². The summed E-state index contributed by atoms with van der Waals surface area (Å²) in [6, 6.07) is 15.5. The number of pyridine rings is 1. The average molecular weight is 436 g/mol. The Morgan fingerprint density at radius 1 is 1.03 bits per heavy atom. The Labute approximate surface area is 185 Å². The molecule has 1 aliphatic rings. The number of amides is 2. The number of hydrogen-bond donors (Lipinski definition) is 1. The first kappa shape index (κ1) is 21.1. The largest absolute Gasteiger partial charge is 0.351 e. The molecule has 31 heavy (non-hydrogen) atoms. The van der Waals surface area contributed by atoms with Crippen LogP contribution in [0.25, 0.3) is 10.7 Å². The summed E-state index contributed by atoms with van der Waals surface area (Å²) in [6.45, 7) is 5.29. The highest BCUT2D eigenvalue weighted by molar-refractivity contribution is 7.17. The van der Waals surface area contributed by atoms with Crippen molar-refractivity contribution in [1.82, 2.24) is 25.1 Å². The van der Waals surface area contributed by atoms with Crippen molar-refractivity contribution in [2.45, 2.75) is 13.5 Å². The van der Waals surface area contributed by atoms with Crippen LogP contribution in [0, 0.1) is 6.92 Å². The highest BCUT2D eigenvalue weighted by atomic mass is 32.1. The van der Waals surface area contributed by atoms with Crippen LogP contribution in [0.5, 0.6) is 0 Å². The molecule has 1 fully saturated rings. The maximum absolute atomic E-state index is 13.0. The molecule has 1 aromatic carbocycles. The fraction of sp³-hybridized carbons (Fsp3) is 0.304. The minimum Gasteiger partial charge on any atom is -0.351 e. The number of thiazole rings is 1. The molecule has 0 radical (unpaired) electrons. The number of aryl methyl sites for hydroxylation is 1. The van der Waals surface area contributed by atoms with Gasteiger partial charge in [0, 0.05) is 38.9 Å². The standard InChI is InChI=1S/C23H25N5O2S/c1-17-21(31-22(26-17)19-9-5-6-10-24-19)23(30)28-13-11-27(12-14-28)16-20(29)25-15-18-7-3-2-4-8-18/h2-10H,11-16H2,1H3,(H,25,29). The summed E-state index contributed by atoms with van der Waals surface area (Å²) in [7, 11) is 0. The molecule has 0 atom stereocenters. The van der Waals surface area contributed by atoms with Gasteiger partial charge in [0.05, 0.1) is 17.9 Å². The summed E-state index contributed by atoms with van der Waals surface area (Å²) in [5, 5.41) is 3.72. The van der Waals surface area contributed by atoms with Crippen molar-refractivity contribution in [3.05, 3.63) is 70.9 Å². The average Bonchev–Trinajstić information content (AvgIpc) is 3.20. The van der Waals surface area contributed by atoms with E-state index < -0.39 is 0 Å². The number of carbonyl (C=O) groups is 2. The van der Waals surface area contributed by atoms with Crippen LogP contribution in [0.4, 0.5) is 0 Å². The number of nitrogens with one attached hydrogen (secondary N) is 1. The zero-order valence-electron chi connectivity index (χ0n) is 17.5. The molecule has 160 valence electrons. The van der Waals surface area contributed by atoms with E-state index in [1.54, 1.807) is 6.20 Å². The second-order valence-corrected chi connectivity index (χ2v) is 8.48. The molecule has 2 aromatic heterocycles. The topological polar surface area (TPSA) is 78.4 Å². The molecule has 1 saturated heterocycles. The molecule has 8 heteroatoms. The van der Waals surface area contributed by atoms with Crippen molar-refractivity contribution in [1.29, 1.82) is 0 Å². The fourth-order valence-corrected chi connectivity index (χ4v) is 4.51. The van der Waals surface area contributed by atoms with Crippen molar-refractivity contribution in [2.24, 2.45) is 0 Å². The molecule has 7 nitrogen and oxygen atoms in total. The van der Waals surface area contributed by atoms with Gasteiger partial charge in [-0.2, -0.15) is 0 Å². The third-order valence-electron chi connectivity index (χ3n) is 5.23. The lowest BCUT2D eigenvalue weighted by Crippen LogP contribution is -2.51. The van der Waals surface area contributed by atoms with Crippen LogP contribution in [-0.2, 0) is 11.3 Å². The van der Waals surface area contributed by atoms with Gasteiger partial charge in [0.2, 0.25) is 5.91 Å². The summed E-state index contributed by atoms with van der Waals surface area (Å²) in [5.74, 6) is 0.00675.